The van der Waals surface area contributed by atoms with Crippen molar-refractivity contribution in [2.75, 3.05) is 18.5 Å². The molecule has 3 aromatic rings. The minimum Gasteiger partial charge on any atom is -0.375 e. The SMILES string of the molecule is C[C@H]1OCCN[C@@H]1C(=O)Nc1ccc(CCn2nnc(-c3ccccc3)n2)cc1. The lowest BCUT2D eigenvalue weighted by Crippen LogP contribution is -2.53. The third-order valence-corrected chi connectivity index (χ3v) is 4.91. The van der Waals surface area contributed by atoms with Gasteiger partial charge in [0.15, 0.2) is 0 Å². The van der Waals surface area contributed by atoms with E-state index in [0.717, 1.165) is 23.2 Å². The highest BCUT2D eigenvalue weighted by atomic mass is 16.5. The summed E-state index contributed by atoms with van der Waals surface area (Å²) in [6.45, 7) is 3.85. The van der Waals surface area contributed by atoms with Crippen molar-refractivity contribution < 1.29 is 9.53 Å². The molecule has 0 spiro atoms. The maximum atomic E-state index is 12.4. The normalized spacial score (nSPS) is 19.1. The van der Waals surface area contributed by atoms with Crippen LogP contribution in [0.4, 0.5) is 5.69 Å². The lowest BCUT2D eigenvalue weighted by molar-refractivity contribution is -0.123. The van der Waals surface area contributed by atoms with Crippen LogP contribution in [0.3, 0.4) is 0 Å². The summed E-state index contributed by atoms with van der Waals surface area (Å²) in [7, 11) is 0. The summed E-state index contributed by atoms with van der Waals surface area (Å²) in [6.07, 6.45) is 0.632. The molecule has 8 heteroatoms. The number of hydrogen-bond donors (Lipinski definition) is 2. The quantitative estimate of drug-likeness (QED) is 0.665. The van der Waals surface area contributed by atoms with Crippen molar-refractivity contribution in [3.63, 3.8) is 0 Å². The Kier molecular flexibility index (Phi) is 5.92. The molecule has 2 heterocycles. The van der Waals surface area contributed by atoms with Gasteiger partial charge in [-0.3, -0.25) is 4.79 Å². The van der Waals surface area contributed by atoms with Crippen molar-refractivity contribution in [3.05, 3.63) is 60.2 Å². The molecule has 1 aromatic heterocycles. The predicted octanol–water partition coefficient (Wildman–Crippen LogP) is 1.90. The molecule has 2 N–H and O–H groups in total. The molecule has 1 aliphatic rings. The van der Waals surface area contributed by atoms with Crippen molar-refractivity contribution in [2.45, 2.75) is 32.0 Å². The van der Waals surface area contributed by atoms with Gasteiger partial charge in [-0.05, 0) is 36.3 Å². The number of carbonyl (C=O) groups excluding carboxylic acids is 1. The minimum atomic E-state index is -0.333. The number of aryl methyl sites for hydroxylation is 2. The van der Waals surface area contributed by atoms with Crippen LogP contribution in [0.2, 0.25) is 0 Å². The summed E-state index contributed by atoms with van der Waals surface area (Å²) < 4.78 is 5.53. The first kappa shape index (κ1) is 19.2. The van der Waals surface area contributed by atoms with E-state index in [-0.39, 0.29) is 18.1 Å². The Morgan fingerprint density at radius 1 is 1.21 bits per heavy atom. The molecule has 0 bridgehead atoms. The van der Waals surface area contributed by atoms with Crippen LogP contribution in [0.5, 0.6) is 0 Å². The van der Waals surface area contributed by atoms with Crippen LogP contribution in [0.25, 0.3) is 11.4 Å². The predicted molar refractivity (Wildman–Crippen MR) is 109 cm³/mol. The number of nitrogens with one attached hydrogen (secondary N) is 2. The molecule has 2 aromatic carbocycles. The molecule has 1 fully saturated rings. The zero-order chi connectivity index (χ0) is 20.1. The van der Waals surface area contributed by atoms with Crippen LogP contribution < -0.4 is 10.6 Å². The lowest BCUT2D eigenvalue weighted by Gasteiger charge is -2.29. The van der Waals surface area contributed by atoms with Gasteiger partial charge in [-0.2, -0.15) is 4.80 Å². The zero-order valence-corrected chi connectivity index (χ0v) is 16.3. The number of rotatable bonds is 6. The Morgan fingerprint density at radius 3 is 2.76 bits per heavy atom. The Labute approximate surface area is 169 Å². The van der Waals surface area contributed by atoms with Crippen LogP contribution >= 0.6 is 0 Å². The Balaban J connectivity index is 1.31. The molecule has 0 saturated carbocycles. The number of aromatic nitrogens is 4. The van der Waals surface area contributed by atoms with E-state index in [0.29, 0.717) is 25.5 Å². The number of benzene rings is 2. The second kappa shape index (κ2) is 8.93. The van der Waals surface area contributed by atoms with E-state index < -0.39 is 0 Å². The van der Waals surface area contributed by atoms with Crippen LogP contribution in [0.15, 0.2) is 54.6 Å². The van der Waals surface area contributed by atoms with Gasteiger partial charge in [-0.25, -0.2) is 0 Å². The van der Waals surface area contributed by atoms with E-state index in [4.69, 9.17) is 4.74 Å². The van der Waals surface area contributed by atoms with Gasteiger partial charge >= 0.3 is 0 Å². The van der Waals surface area contributed by atoms with Gasteiger partial charge in [-0.15, -0.1) is 10.2 Å². The summed E-state index contributed by atoms with van der Waals surface area (Å²) in [4.78, 5) is 14.0. The summed E-state index contributed by atoms with van der Waals surface area (Å²) >= 11 is 0. The summed E-state index contributed by atoms with van der Waals surface area (Å²) in [5.74, 6) is 0.545. The summed E-state index contributed by atoms with van der Waals surface area (Å²) in [5.41, 5.74) is 2.85. The summed E-state index contributed by atoms with van der Waals surface area (Å²) in [6, 6.07) is 17.3. The smallest absolute Gasteiger partial charge is 0.244 e. The van der Waals surface area contributed by atoms with Crippen LogP contribution in [0.1, 0.15) is 12.5 Å². The van der Waals surface area contributed by atoms with Crippen molar-refractivity contribution in [1.29, 1.82) is 0 Å². The number of morpholine rings is 1. The Bertz CT molecular complexity index is 941. The minimum absolute atomic E-state index is 0.0785. The number of tetrazole rings is 1. The van der Waals surface area contributed by atoms with E-state index in [1.54, 1.807) is 4.80 Å². The molecule has 4 rings (SSSR count). The molecule has 0 unspecified atom stereocenters. The molecule has 8 nitrogen and oxygen atoms in total. The second-order valence-electron chi connectivity index (χ2n) is 7.02. The van der Waals surface area contributed by atoms with Gasteiger partial charge in [0, 0.05) is 17.8 Å². The number of amides is 1. The number of nitrogens with zero attached hydrogens (tertiary/aromatic N) is 4. The van der Waals surface area contributed by atoms with Gasteiger partial charge in [0.25, 0.3) is 0 Å². The third kappa shape index (κ3) is 4.85. The number of anilines is 1. The molecular formula is C21H24N6O2. The molecule has 1 amide bonds. The van der Waals surface area contributed by atoms with E-state index in [1.165, 1.54) is 0 Å². The molecule has 0 radical (unpaired) electrons. The van der Waals surface area contributed by atoms with Gasteiger partial charge in [0.1, 0.15) is 6.04 Å². The highest BCUT2D eigenvalue weighted by Gasteiger charge is 2.28. The monoisotopic (exact) mass is 392 g/mol. The van der Waals surface area contributed by atoms with E-state index in [9.17, 15) is 4.79 Å². The highest BCUT2D eigenvalue weighted by molar-refractivity contribution is 5.95. The van der Waals surface area contributed by atoms with Crippen LogP contribution in [-0.2, 0) is 22.5 Å². The highest BCUT2D eigenvalue weighted by Crippen LogP contribution is 2.14. The third-order valence-electron chi connectivity index (χ3n) is 4.91. The van der Waals surface area contributed by atoms with Crippen molar-refractivity contribution >= 4 is 11.6 Å². The van der Waals surface area contributed by atoms with Gasteiger partial charge in [0.2, 0.25) is 11.7 Å². The Hall–Kier alpha value is -3.10. The molecule has 2 atom stereocenters. The number of hydrogen-bond acceptors (Lipinski definition) is 6. The molecule has 29 heavy (non-hydrogen) atoms. The topological polar surface area (TPSA) is 94.0 Å². The van der Waals surface area contributed by atoms with E-state index in [1.807, 2.05) is 61.5 Å². The van der Waals surface area contributed by atoms with E-state index >= 15 is 0 Å². The fourth-order valence-electron chi connectivity index (χ4n) is 3.27. The average molecular weight is 392 g/mol. The van der Waals surface area contributed by atoms with Crippen molar-refractivity contribution in [2.24, 2.45) is 0 Å². The maximum Gasteiger partial charge on any atom is 0.244 e. The first-order chi connectivity index (χ1) is 14.2. The van der Waals surface area contributed by atoms with Crippen molar-refractivity contribution in [1.82, 2.24) is 25.5 Å². The molecular weight excluding hydrogens is 368 g/mol. The van der Waals surface area contributed by atoms with Gasteiger partial charge in [-0.1, -0.05) is 42.5 Å². The summed E-state index contributed by atoms with van der Waals surface area (Å²) in [5, 5.41) is 18.8. The van der Waals surface area contributed by atoms with Crippen molar-refractivity contribution in [3.8, 4) is 11.4 Å². The largest absolute Gasteiger partial charge is 0.375 e. The molecule has 0 aliphatic carbocycles. The van der Waals surface area contributed by atoms with Gasteiger partial charge in [0.05, 0.1) is 19.3 Å². The molecule has 1 saturated heterocycles. The Morgan fingerprint density at radius 2 is 2.00 bits per heavy atom. The number of ether oxygens (including phenoxy) is 1. The zero-order valence-electron chi connectivity index (χ0n) is 16.3. The first-order valence-corrected chi connectivity index (χ1v) is 9.77. The standard InChI is InChI=1S/C21H24N6O2/c1-15-19(22-12-14-29-15)21(28)23-18-9-7-16(8-10-18)11-13-27-25-20(24-26-27)17-5-3-2-4-6-17/h2-10,15,19,22H,11-14H2,1H3,(H,23,28)/t15-,19+/m1/s1. The first-order valence-electron chi connectivity index (χ1n) is 9.77. The van der Waals surface area contributed by atoms with E-state index in [2.05, 4.69) is 26.0 Å². The average Bonchev–Trinajstić information content (AvgIpc) is 3.23. The lowest BCUT2D eigenvalue weighted by atomic mass is 10.1. The maximum absolute atomic E-state index is 12.4. The molecule has 1 aliphatic heterocycles. The van der Waals surface area contributed by atoms with Crippen LogP contribution in [-0.4, -0.2) is 51.4 Å². The number of carbonyl (C=O) groups is 1. The van der Waals surface area contributed by atoms with Crippen LogP contribution in [0, 0.1) is 0 Å². The second-order valence-corrected chi connectivity index (χ2v) is 7.02. The molecule has 150 valence electrons. The van der Waals surface area contributed by atoms with Gasteiger partial charge < -0.3 is 15.4 Å². The fraction of sp³-hybridized carbons (Fsp3) is 0.333. The fourth-order valence-corrected chi connectivity index (χ4v) is 3.27.